The number of benzene rings is 2. The zero-order chi connectivity index (χ0) is 27.9. The molecule has 1 N–H and O–H groups in total. The van der Waals surface area contributed by atoms with Crippen LogP contribution >= 0.6 is 0 Å². The van der Waals surface area contributed by atoms with Gasteiger partial charge in [0.1, 0.15) is 5.82 Å². The number of rotatable bonds is 7. The van der Waals surface area contributed by atoms with E-state index in [1.54, 1.807) is 37.4 Å². The number of pyridine rings is 1. The fourth-order valence-electron chi connectivity index (χ4n) is 5.47. The van der Waals surface area contributed by atoms with E-state index in [1.165, 1.54) is 12.3 Å². The van der Waals surface area contributed by atoms with Crippen LogP contribution in [0, 0.1) is 12.7 Å². The molecule has 1 aliphatic heterocycles. The lowest BCUT2D eigenvalue weighted by Crippen LogP contribution is -2.44. The first-order chi connectivity index (χ1) is 18.5. The quantitative estimate of drug-likeness (QED) is 0.359. The molecule has 3 heterocycles. The minimum atomic E-state index is -3.27. The van der Waals surface area contributed by atoms with E-state index in [0.29, 0.717) is 49.4 Å². The maximum Gasteiger partial charge on any atom is 0.175 e. The van der Waals surface area contributed by atoms with E-state index >= 15 is 4.39 Å². The summed E-state index contributed by atoms with van der Waals surface area (Å²) in [4.78, 5) is 7.26. The fourth-order valence-corrected chi connectivity index (χ4v) is 6.10. The van der Waals surface area contributed by atoms with E-state index in [2.05, 4.69) is 4.90 Å². The van der Waals surface area contributed by atoms with E-state index in [9.17, 15) is 13.5 Å². The molecule has 4 aromatic rings. The summed E-state index contributed by atoms with van der Waals surface area (Å²) in [5.41, 5.74) is 3.98. The van der Waals surface area contributed by atoms with Crippen molar-refractivity contribution in [3.63, 3.8) is 0 Å². The first-order valence-corrected chi connectivity index (χ1v) is 14.9. The largest absolute Gasteiger partial charge is 0.385 e. The molecule has 0 aliphatic carbocycles. The molecule has 1 saturated heterocycles. The number of piperidine rings is 1. The molecule has 1 aliphatic rings. The summed E-state index contributed by atoms with van der Waals surface area (Å²) < 4.78 is 46.3. The third-order valence-electron chi connectivity index (χ3n) is 7.87. The topological polar surface area (TPSA) is 84.7 Å². The maximum atomic E-state index is 15.4. The second-order valence-corrected chi connectivity index (χ2v) is 12.5. The third-order valence-corrected chi connectivity index (χ3v) is 9.00. The normalized spacial score (nSPS) is 16.2. The predicted octanol–water partition coefficient (Wildman–Crippen LogP) is 4.69. The van der Waals surface area contributed by atoms with Crippen molar-refractivity contribution in [2.75, 3.05) is 39.6 Å². The van der Waals surface area contributed by atoms with Crippen LogP contribution in [-0.2, 0) is 27.2 Å². The SMILES string of the molecule is COCCN1CCC(O)(c2ccc(-c3cc4c(cc(-c5ccc(S(C)(=O)=O)cc5)n4C)c(C)n3)cc2F)CC1. The van der Waals surface area contributed by atoms with Crippen molar-refractivity contribution >= 4 is 20.7 Å². The molecule has 0 atom stereocenters. The molecule has 7 nitrogen and oxygen atoms in total. The van der Waals surface area contributed by atoms with E-state index < -0.39 is 21.3 Å². The van der Waals surface area contributed by atoms with Gasteiger partial charge in [0.2, 0.25) is 0 Å². The summed E-state index contributed by atoms with van der Waals surface area (Å²) >= 11 is 0. The fraction of sp³-hybridized carbons (Fsp3) is 0.367. The number of likely N-dealkylation sites (tertiary alicyclic amines) is 1. The number of nitrogens with zero attached hydrogens (tertiary/aromatic N) is 3. The molecular formula is C30H34FN3O4S. The van der Waals surface area contributed by atoms with Crippen molar-refractivity contribution in [3.8, 4) is 22.5 Å². The number of hydrogen-bond acceptors (Lipinski definition) is 6. The predicted molar refractivity (Wildman–Crippen MR) is 151 cm³/mol. The van der Waals surface area contributed by atoms with Gasteiger partial charge in [-0.1, -0.05) is 24.3 Å². The van der Waals surface area contributed by atoms with Crippen LogP contribution in [0.3, 0.4) is 0 Å². The number of fused-ring (bicyclic) bond motifs is 1. The van der Waals surface area contributed by atoms with E-state index in [4.69, 9.17) is 9.72 Å². The summed E-state index contributed by atoms with van der Waals surface area (Å²) in [6, 6.07) is 15.8. The number of halogens is 1. The Bertz CT molecular complexity index is 1620. The summed E-state index contributed by atoms with van der Waals surface area (Å²) in [5, 5.41) is 12.2. The summed E-state index contributed by atoms with van der Waals surface area (Å²) in [7, 11) is 0.345. The zero-order valence-electron chi connectivity index (χ0n) is 22.7. The van der Waals surface area contributed by atoms with Crippen molar-refractivity contribution in [2.24, 2.45) is 7.05 Å². The number of aromatic nitrogens is 2. The lowest BCUT2D eigenvalue weighted by Gasteiger charge is -2.38. The molecule has 206 valence electrons. The lowest BCUT2D eigenvalue weighted by atomic mass is 9.83. The minimum Gasteiger partial charge on any atom is -0.385 e. The van der Waals surface area contributed by atoms with Crippen LogP contribution < -0.4 is 0 Å². The van der Waals surface area contributed by atoms with Gasteiger partial charge in [-0.25, -0.2) is 12.8 Å². The van der Waals surface area contributed by atoms with E-state index in [-0.39, 0.29) is 4.90 Å². The average molecular weight is 552 g/mol. The minimum absolute atomic E-state index is 0.275. The van der Waals surface area contributed by atoms with Crippen LogP contribution in [0.1, 0.15) is 24.1 Å². The van der Waals surface area contributed by atoms with Crippen molar-refractivity contribution in [1.29, 1.82) is 0 Å². The van der Waals surface area contributed by atoms with Crippen LogP contribution in [-0.4, -0.2) is 67.6 Å². The summed E-state index contributed by atoms with van der Waals surface area (Å²) in [5.74, 6) is -0.432. The zero-order valence-corrected chi connectivity index (χ0v) is 23.6. The number of methoxy groups -OCH3 is 1. The average Bonchev–Trinajstić information content (AvgIpc) is 3.24. The van der Waals surface area contributed by atoms with Gasteiger partial charge in [-0.05, 0) is 55.7 Å². The number of ether oxygens (including phenoxy) is 1. The van der Waals surface area contributed by atoms with Gasteiger partial charge in [-0.15, -0.1) is 0 Å². The van der Waals surface area contributed by atoms with E-state index in [0.717, 1.165) is 34.4 Å². The van der Waals surface area contributed by atoms with Crippen molar-refractivity contribution in [2.45, 2.75) is 30.3 Å². The van der Waals surface area contributed by atoms with Gasteiger partial charge >= 0.3 is 0 Å². The third kappa shape index (κ3) is 5.36. The Morgan fingerprint density at radius 2 is 1.72 bits per heavy atom. The second-order valence-electron chi connectivity index (χ2n) is 10.5. The van der Waals surface area contributed by atoms with Crippen molar-refractivity contribution in [1.82, 2.24) is 14.5 Å². The molecule has 0 unspecified atom stereocenters. The van der Waals surface area contributed by atoms with Crippen LogP contribution in [0.4, 0.5) is 4.39 Å². The van der Waals surface area contributed by atoms with Crippen LogP contribution in [0.2, 0.25) is 0 Å². The van der Waals surface area contributed by atoms with E-state index in [1.807, 2.05) is 36.7 Å². The lowest BCUT2D eigenvalue weighted by molar-refractivity contribution is -0.0320. The molecule has 9 heteroatoms. The Morgan fingerprint density at radius 1 is 1.05 bits per heavy atom. The van der Waals surface area contributed by atoms with Gasteiger partial charge < -0.3 is 19.3 Å². The molecule has 2 aromatic heterocycles. The molecule has 0 radical (unpaired) electrons. The number of sulfone groups is 1. The number of hydrogen-bond donors (Lipinski definition) is 1. The standard InChI is InChI=1S/C30H34FN3O4S/c1-20-24-18-28(21-5-8-23(9-6-21)39(4,36)37)33(2)29(24)19-27(32-20)22-7-10-25(26(31)17-22)30(35)11-13-34(14-12-30)15-16-38-3/h5-10,17-19,35H,11-16H2,1-4H3. The smallest absolute Gasteiger partial charge is 0.175 e. The molecule has 39 heavy (non-hydrogen) atoms. The summed E-state index contributed by atoms with van der Waals surface area (Å²) in [6.07, 6.45) is 2.12. The van der Waals surface area contributed by atoms with Crippen LogP contribution in [0.25, 0.3) is 33.4 Å². The molecule has 0 spiro atoms. The van der Waals surface area contributed by atoms with Crippen molar-refractivity contribution in [3.05, 3.63) is 71.7 Å². The first kappa shape index (κ1) is 27.5. The first-order valence-electron chi connectivity index (χ1n) is 13.0. The van der Waals surface area contributed by atoms with Gasteiger partial charge in [0.05, 0.1) is 28.3 Å². The summed E-state index contributed by atoms with van der Waals surface area (Å²) in [6.45, 7) is 4.73. The molecule has 0 bridgehead atoms. The Hall–Kier alpha value is -3.11. The molecule has 1 fully saturated rings. The van der Waals surface area contributed by atoms with Gasteiger partial charge in [0, 0.05) is 67.9 Å². The van der Waals surface area contributed by atoms with Crippen LogP contribution in [0.15, 0.2) is 59.5 Å². The molecule has 5 rings (SSSR count). The van der Waals surface area contributed by atoms with Crippen molar-refractivity contribution < 1.29 is 22.7 Å². The monoisotopic (exact) mass is 551 g/mol. The highest BCUT2D eigenvalue weighted by atomic mass is 32.2. The Kier molecular flexibility index (Phi) is 7.37. The second kappa shape index (κ2) is 10.5. The Balaban J connectivity index is 1.44. The Labute approximate surface area is 228 Å². The molecule has 0 saturated carbocycles. The Morgan fingerprint density at radius 3 is 2.33 bits per heavy atom. The van der Waals surface area contributed by atoms with Gasteiger partial charge in [-0.3, -0.25) is 4.98 Å². The number of aryl methyl sites for hydroxylation is 2. The van der Waals surface area contributed by atoms with Gasteiger partial charge in [0.25, 0.3) is 0 Å². The molecular weight excluding hydrogens is 517 g/mol. The van der Waals surface area contributed by atoms with Crippen LogP contribution in [0.5, 0.6) is 0 Å². The van der Waals surface area contributed by atoms with Gasteiger partial charge in [-0.2, -0.15) is 0 Å². The molecule has 2 aromatic carbocycles. The number of aliphatic hydroxyl groups is 1. The van der Waals surface area contributed by atoms with Gasteiger partial charge in [0.15, 0.2) is 9.84 Å². The molecule has 0 amide bonds. The maximum absolute atomic E-state index is 15.4. The highest BCUT2D eigenvalue weighted by molar-refractivity contribution is 7.90. The highest BCUT2D eigenvalue weighted by Gasteiger charge is 2.36. The highest BCUT2D eigenvalue weighted by Crippen LogP contribution is 2.37.